The zero-order chi connectivity index (χ0) is 24.5. The second-order valence-corrected chi connectivity index (χ2v) is 10.6. The van der Waals surface area contributed by atoms with Gasteiger partial charge in [-0.2, -0.15) is 0 Å². The molecular formula is C27H37N3O5. The molecule has 190 valence electrons. The average molecular weight is 484 g/mol. The van der Waals surface area contributed by atoms with Crippen LogP contribution in [0.5, 0.6) is 0 Å². The van der Waals surface area contributed by atoms with Crippen LogP contribution in [0.25, 0.3) is 11.0 Å². The first-order valence-corrected chi connectivity index (χ1v) is 13.1. The highest BCUT2D eigenvalue weighted by Crippen LogP contribution is 2.40. The lowest BCUT2D eigenvalue weighted by Crippen LogP contribution is -2.35. The van der Waals surface area contributed by atoms with E-state index in [1.807, 2.05) is 0 Å². The minimum atomic E-state index is -0.681. The third kappa shape index (κ3) is 4.77. The molecule has 0 unspecified atom stereocenters. The first-order chi connectivity index (χ1) is 17.0. The second kappa shape index (κ2) is 10.2. The summed E-state index contributed by atoms with van der Waals surface area (Å²) in [6.07, 6.45) is 6.92. The Hall–Kier alpha value is -2.61. The van der Waals surface area contributed by atoms with Crippen molar-refractivity contribution in [3.05, 3.63) is 29.1 Å². The molecule has 2 aliphatic heterocycles. The third-order valence-corrected chi connectivity index (χ3v) is 8.34. The topological polar surface area (TPSA) is 93.9 Å². The molecule has 8 nitrogen and oxygen atoms in total. The molecule has 35 heavy (non-hydrogen) atoms. The Morgan fingerprint density at radius 3 is 2.71 bits per heavy atom. The molecule has 0 bridgehead atoms. The van der Waals surface area contributed by atoms with Crippen molar-refractivity contribution < 1.29 is 24.2 Å². The Balaban J connectivity index is 1.52. The molecule has 1 saturated heterocycles. The molecule has 1 aliphatic carbocycles. The van der Waals surface area contributed by atoms with Gasteiger partial charge in [0.2, 0.25) is 0 Å². The zero-order valence-electron chi connectivity index (χ0n) is 20.9. The predicted molar refractivity (Wildman–Crippen MR) is 131 cm³/mol. The number of imidazole rings is 1. The number of carbonyl (C=O) groups is 2. The van der Waals surface area contributed by atoms with E-state index in [9.17, 15) is 14.7 Å². The fourth-order valence-electron chi connectivity index (χ4n) is 6.43. The fourth-order valence-corrected chi connectivity index (χ4v) is 6.43. The van der Waals surface area contributed by atoms with Crippen LogP contribution in [0.2, 0.25) is 0 Å². The maximum absolute atomic E-state index is 12.3. The van der Waals surface area contributed by atoms with Gasteiger partial charge in [-0.3, -0.25) is 4.79 Å². The molecule has 1 aromatic carbocycles. The van der Waals surface area contributed by atoms with E-state index < -0.39 is 5.97 Å². The number of carbonyl (C=O) groups excluding carboxylic acids is 1. The first kappa shape index (κ1) is 24.1. The van der Waals surface area contributed by atoms with E-state index in [-0.39, 0.29) is 24.0 Å². The molecule has 2 atom stereocenters. The molecule has 0 spiro atoms. The largest absolute Gasteiger partial charge is 0.481 e. The quantitative estimate of drug-likeness (QED) is 0.650. The van der Waals surface area contributed by atoms with Crippen molar-refractivity contribution in [2.24, 2.45) is 11.8 Å². The molecule has 5 rings (SSSR count). The number of nitrogens with zero attached hydrogens (tertiary/aromatic N) is 3. The van der Waals surface area contributed by atoms with E-state index in [1.165, 1.54) is 19.1 Å². The standard InChI is InChI=1S/C27H37N3O5/c1-17(14-18-4-3-13-35-16-18)30-23-10-9-19-11-12-29(27(33)34-2)15-22(19)24(23)28-25(30)20-5-7-21(8-6-20)26(31)32/h9-10,17-18,20-21H,3-8,11-16H2,1-2H3,(H,31,32)/t17-,18-,20-,21-/m0/s1. The van der Waals surface area contributed by atoms with Crippen molar-refractivity contribution in [1.29, 1.82) is 0 Å². The fraction of sp³-hybridized carbons (Fsp3) is 0.667. The van der Waals surface area contributed by atoms with E-state index in [2.05, 4.69) is 23.6 Å². The molecule has 2 fully saturated rings. The summed E-state index contributed by atoms with van der Waals surface area (Å²) in [7, 11) is 1.43. The summed E-state index contributed by atoms with van der Waals surface area (Å²) in [5.74, 6) is 0.941. The molecule has 1 amide bonds. The lowest BCUT2D eigenvalue weighted by molar-refractivity contribution is -0.142. The van der Waals surface area contributed by atoms with Gasteiger partial charge >= 0.3 is 12.1 Å². The van der Waals surface area contributed by atoms with Crippen LogP contribution in [-0.2, 0) is 27.2 Å². The maximum Gasteiger partial charge on any atom is 0.409 e. The van der Waals surface area contributed by atoms with Crippen molar-refractivity contribution in [2.75, 3.05) is 26.9 Å². The van der Waals surface area contributed by atoms with Crippen molar-refractivity contribution in [3.63, 3.8) is 0 Å². The van der Waals surface area contributed by atoms with Crippen LogP contribution >= 0.6 is 0 Å². The van der Waals surface area contributed by atoms with E-state index >= 15 is 0 Å². The van der Waals surface area contributed by atoms with Gasteiger partial charge in [-0.25, -0.2) is 9.78 Å². The van der Waals surface area contributed by atoms with Gasteiger partial charge in [0.1, 0.15) is 5.82 Å². The molecular weight excluding hydrogens is 446 g/mol. The lowest BCUT2D eigenvalue weighted by Gasteiger charge is -2.30. The van der Waals surface area contributed by atoms with Crippen LogP contribution in [0.4, 0.5) is 4.79 Å². The summed E-state index contributed by atoms with van der Waals surface area (Å²) < 4.78 is 13.2. The molecule has 3 aliphatic rings. The number of rotatable bonds is 5. The average Bonchev–Trinajstić information content (AvgIpc) is 3.29. The number of methoxy groups -OCH3 is 1. The first-order valence-electron chi connectivity index (χ1n) is 13.1. The number of hydrogen-bond acceptors (Lipinski definition) is 5. The van der Waals surface area contributed by atoms with Gasteiger partial charge in [-0.1, -0.05) is 6.07 Å². The summed E-state index contributed by atoms with van der Waals surface area (Å²) in [4.78, 5) is 30.8. The number of carboxylic acids is 1. The SMILES string of the molecule is COC(=O)N1CCc2ccc3c(nc([C@H]4CC[C@H](C(=O)O)CC4)n3[C@@H](C)C[C@@H]3CCCOC3)c2C1. The Bertz CT molecular complexity index is 1080. The summed E-state index contributed by atoms with van der Waals surface area (Å²) in [5.41, 5.74) is 4.47. The summed E-state index contributed by atoms with van der Waals surface area (Å²) in [6.45, 7) is 5.12. The summed E-state index contributed by atoms with van der Waals surface area (Å²) in [5, 5.41) is 9.48. The van der Waals surface area contributed by atoms with Crippen molar-refractivity contribution in [1.82, 2.24) is 14.5 Å². The smallest absolute Gasteiger partial charge is 0.409 e. The van der Waals surface area contributed by atoms with Gasteiger partial charge in [-0.05, 0) is 75.8 Å². The zero-order valence-corrected chi connectivity index (χ0v) is 20.9. The Morgan fingerprint density at radius 1 is 1.23 bits per heavy atom. The third-order valence-electron chi connectivity index (χ3n) is 8.34. The monoisotopic (exact) mass is 483 g/mol. The van der Waals surface area contributed by atoms with Gasteiger partial charge in [0.15, 0.2) is 0 Å². The second-order valence-electron chi connectivity index (χ2n) is 10.6. The number of aliphatic carboxylic acids is 1. The number of fused-ring (bicyclic) bond motifs is 3. The van der Waals surface area contributed by atoms with Crippen LogP contribution < -0.4 is 0 Å². The van der Waals surface area contributed by atoms with E-state index in [0.29, 0.717) is 31.8 Å². The lowest BCUT2D eigenvalue weighted by atomic mass is 9.81. The van der Waals surface area contributed by atoms with E-state index in [4.69, 9.17) is 14.5 Å². The molecule has 1 N–H and O–H groups in total. The van der Waals surface area contributed by atoms with Crippen LogP contribution in [0.1, 0.15) is 80.8 Å². The number of ether oxygens (including phenoxy) is 2. The highest BCUT2D eigenvalue weighted by molar-refractivity contribution is 5.82. The van der Waals surface area contributed by atoms with Crippen LogP contribution in [0, 0.1) is 11.8 Å². The minimum absolute atomic E-state index is 0.248. The number of hydrogen-bond donors (Lipinski definition) is 1. The highest BCUT2D eigenvalue weighted by Gasteiger charge is 2.33. The summed E-state index contributed by atoms with van der Waals surface area (Å²) in [6, 6.07) is 4.67. The molecule has 3 heterocycles. The Morgan fingerprint density at radius 2 is 2.03 bits per heavy atom. The Kier molecular flexibility index (Phi) is 7.00. The summed E-state index contributed by atoms with van der Waals surface area (Å²) >= 11 is 0. The Labute approximate surface area is 206 Å². The highest BCUT2D eigenvalue weighted by atomic mass is 16.5. The van der Waals surface area contributed by atoms with Gasteiger partial charge in [-0.15, -0.1) is 0 Å². The van der Waals surface area contributed by atoms with Crippen molar-refractivity contribution in [2.45, 2.75) is 76.8 Å². The predicted octanol–water partition coefficient (Wildman–Crippen LogP) is 4.90. The molecule has 0 radical (unpaired) electrons. The molecule has 8 heteroatoms. The number of benzene rings is 1. The van der Waals surface area contributed by atoms with Crippen molar-refractivity contribution in [3.8, 4) is 0 Å². The molecule has 1 saturated carbocycles. The number of aromatic nitrogens is 2. The van der Waals surface area contributed by atoms with E-state index in [0.717, 1.165) is 67.7 Å². The molecule has 1 aromatic heterocycles. The van der Waals surface area contributed by atoms with E-state index in [1.54, 1.807) is 4.90 Å². The number of amides is 1. The van der Waals surface area contributed by atoms with Crippen molar-refractivity contribution >= 4 is 23.1 Å². The van der Waals surface area contributed by atoms with Gasteiger partial charge in [0, 0.05) is 37.3 Å². The number of carboxylic acid groups (broad SMARTS) is 1. The van der Waals surface area contributed by atoms with Gasteiger partial charge < -0.3 is 24.0 Å². The van der Waals surface area contributed by atoms with Gasteiger partial charge in [0.25, 0.3) is 0 Å². The van der Waals surface area contributed by atoms with Crippen LogP contribution in [-0.4, -0.2) is 58.5 Å². The maximum atomic E-state index is 12.3. The molecule has 2 aromatic rings. The van der Waals surface area contributed by atoms with Crippen LogP contribution in [0.15, 0.2) is 12.1 Å². The van der Waals surface area contributed by atoms with Gasteiger partial charge in [0.05, 0.1) is 30.6 Å². The van der Waals surface area contributed by atoms with Crippen LogP contribution in [0.3, 0.4) is 0 Å². The minimum Gasteiger partial charge on any atom is -0.481 e. The normalized spacial score (nSPS) is 25.8.